The third kappa shape index (κ3) is 40.0. The number of hydrogen-bond acceptors (Lipinski definition) is 6. The monoisotopic (exact) mass is 745 g/mol. The van der Waals surface area contributed by atoms with E-state index in [0.717, 1.165) is 44.9 Å². The highest BCUT2D eigenvalue weighted by atomic mass is 31.2. The Hall–Kier alpha value is -1.02. The third-order valence-corrected chi connectivity index (χ3v) is 10.00. The van der Waals surface area contributed by atoms with Gasteiger partial charge in [0.05, 0.1) is 34.4 Å². The summed E-state index contributed by atoms with van der Waals surface area (Å²) in [5, 5.41) is 0. The number of nitrogens with zero attached hydrogens (tertiary/aromatic N) is 1. The van der Waals surface area contributed by atoms with Crippen molar-refractivity contribution in [2.24, 2.45) is 0 Å². The zero-order valence-electron chi connectivity index (χ0n) is 34.1. The molecule has 302 valence electrons. The number of allylic oxidation sites excluding steroid dienone is 4. The number of rotatable bonds is 39. The van der Waals surface area contributed by atoms with Gasteiger partial charge in [0.25, 0.3) is 0 Å². The molecule has 0 aromatic carbocycles. The molecule has 0 bridgehead atoms. The minimum Gasteiger partial charge on any atom is -0.457 e. The molecule has 0 amide bonds. The van der Waals surface area contributed by atoms with Crippen molar-refractivity contribution in [1.29, 1.82) is 0 Å². The van der Waals surface area contributed by atoms with Gasteiger partial charge in [-0.25, -0.2) is 4.57 Å². The summed E-state index contributed by atoms with van der Waals surface area (Å²) in [5.74, 6) is -0.320. The van der Waals surface area contributed by atoms with Gasteiger partial charge in [-0.2, -0.15) is 0 Å². The fourth-order valence-corrected chi connectivity index (χ4v) is 6.44. The van der Waals surface area contributed by atoms with Crippen molar-refractivity contribution in [3.63, 3.8) is 0 Å². The van der Waals surface area contributed by atoms with Crippen LogP contribution in [0.25, 0.3) is 0 Å². The summed E-state index contributed by atoms with van der Waals surface area (Å²) in [6.07, 6.45) is 39.1. The van der Waals surface area contributed by atoms with Gasteiger partial charge in [-0.3, -0.25) is 13.8 Å². The SMILES string of the molecule is CCCCC/C=C\C/C=C\CCCCCCCCCC(=O)OC(COCCCCCCCCCCCCCC)COP(=O)(O)OCC[N+](C)(C)C. The number of hydrogen-bond donors (Lipinski definition) is 1. The van der Waals surface area contributed by atoms with E-state index in [1.807, 2.05) is 21.1 Å². The predicted molar refractivity (Wildman–Crippen MR) is 215 cm³/mol. The number of carbonyl (C=O) groups excluding carboxylic acids is 1. The first-order chi connectivity index (χ1) is 24.6. The summed E-state index contributed by atoms with van der Waals surface area (Å²) >= 11 is 0. The lowest BCUT2D eigenvalue weighted by molar-refractivity contribution is -0.870. The number of phosphoric ester groups is 1. The quantitative estimate of drug-likeness (QED) is 0.0220. The van der Waals surface area contributed by atoms with E-state index in [1.54, 1.807) is 0 Å². The summed E-state index contributed by atoms with van der Waals surface area (Å²) in [7, 11) is 1.67. The molecular weight excluding hydrogens is 661 g/mol. The normalized spacial score (nSPS) is 14.1. The van der Waals surface area contributed by atoms with E-state index in [4.69, 9.17) is 18.5 Å². The van der Waals surface area contributed by atoms with Crippen molar-refractivity contribution in [2.45, 2.75) is 187 Å². The summed E-state index contributed by atoms with van der Waals surface area (Å²) in [4.78, 5) is 22.8. The largest absolute Gasteiger partial charge is 0.472 e. The van der Waals surface area contributed by atoms with E-state index in [-0.39, 0.29) is 25.8 Å². The molecule has 0 aliphatic rings. The second kappa shape index (κ2) is 36.0. The van der Waals surface area contributed by atoms with E-state index in [9.17, 15) is 14.3 Å². The Morgan fingerprint density at radius 3 is 1.63 bits per heavy atom. The van der Waals surface area contributed by atoms with Crippen molar-refractivity contribution in [2.75, 3.05) is 54.1 Å². The lowest BCUT2D eigenvalue weighted by Gasteiger charge is -2.24. The fraction of sp³-hybridized carbons (Fsp3) is 0.881. The number of ether oxygens (including phenoxy) is 2. The van der Waals surface area contributed by atoms with E-state index < -0.39 is 13.9 Å². The summed E-state index contributed by atoms with van der Waals surface area (Å²) in [6.45, 7) is 5.60. The smallest absolute Gasteiger partial charge is 0.457 e. The van der Waals surface area contributed by atoms with E-state index in [2.05, 4.69) is 38.2 Å². The third-order valence-electron chi connectivity index (χ3n) is 9.02. The molecule has 0 spiro atoms. The maximum absolute atomic E-state index is 12.7. The topological polar surface area (TPSA) is 91.3 Å². The van der Waals surface area contributed by atoms with Crippen LogP contribution in [0.1, 0.15) is 181 Å². The van der Waals surface area contributed by atoms with Gasteiger partial charge >= 0.3 is 13.8 Å². The summed E-state index contributed by atoms with van der Waals surface area (Å²) in [6, 6.07) is 0. The van der Waals surface area contributed by atoms with Crippen LogP contribution in [-0.2, 0) is 27.9 Å². The van der Waals surface area contributed by atoms with Crippen molar-refractivity contribution in [1.82, 2.24) is 0 Å². The lowest BCUT2D eigenvalue weighted by Crippen LogP contribution is -2.37. The Morgan fingerprint density at radius 1 is 0.608 bits per heavy atom. The van der Waals surface area contributed by atoms with Gasteiger partial charge < -0.3 is 18.9 Å². The summed E-state index contributed by atoms with van der Waals surface area (Å²) in [5.41, 5.74) is 0. The molecule has 0 heterocycles. The number of quaternary nitrogens is 1. The number of carbonyl (C=O) groups is 1. The maximum atomic E-state index is 12.7. The highest BCUT2D eigenvalue weighted by Gasteiger charge is 2.26. The van der Waals surface area contributed by atoms with Gasteiger partial charge in [0.2, 0.25) is 0 Å². The minimum absolute atomic E-state index is 0.0887. The fourth-order valence-electron chi connectivity index (χ4n) is 5.70. The van der Waals surface area contributed by atoms with Gasteiger partial charge in [-0.15, -0.1) is 0 Å². The molecule has 0 aliphatic heterocycles. The van der Waals surface area contributed by atoms with Crippen molar-refractivity contribution >= 4 is 13.8 Å². The average molecular weight is 745 g/mol. The zero-order valence-corrected chi connectivity index (χ0v) is 35.0. The van der Waals surface area contributed by atoms with E-state index in [1.165, 1.54) is 116 Å². The molecule has 0 aromatic heterocycles. The van der Waals surface area contributed by atoms with Gasteiger partial charge in [-0.1, -0.05) is 154 Å². The molecule has 1 N–H and O–H groups in total. The Morgan fingerprint density at radius 2 is 1.08 bits per heavy atom. The predicted octanol–water partition coefficient (Wildman–Crippen LogP) is 12.0. The molecule has 0 fully saturated rings. The van der Waals surface area contributed by atoms with Crippen LogP contribution in [0, 0.1) is 0 Å². The van der Waals surface area contributed by atoms with E-state index in [0.29, 0.717) is 24.1 Å². The molecule has 2 atom stereocenters. The van der Waals surface area contributed by atoms with Crippen LogP contribution in [0.5, 0.6) is 0 Å². The first kappa shape index (κ1) is 50.0. The van der Waals surface area contributed by atoms with Crippen molar-refractivity contribution in [3.05, 3.63) is 24.3 Å². The highest BCUT2D eigenvalue weighted by Crippen LogP contribution is 2.43. The molecule has 0 saturated heterocycles. The number of esters is 1. The van der Waals surface area contributed by atoms with Crippen LogP contribution >= 0.6 is 7.82 Å². The lowest BCUT2D eigenvalue weighted by atomic mass is 10.1. The van der Waals surface area contributed by atoms with Gasteiger partial charge in [0.15, 0.2) is 0 Å². The first-order valence-corrected chi connectivity index (χ1v) is 22.6. The molecule has 0 saturated carbocycles. The number of phosphoric acid groups is 1. The average Bonchev–Trinajstić information content (AvgIpc) is 3.08. The molecule has 2 unspecified atom stereocenters. The molecule has 0 aliphatic carbocycles. The van der Waals surface area contributed by atoms with E-state index >= 15 is 0 Å². The molecule has 8 nitrogen and oxygen atoms in total. The summed E-state index contributed by atoms with van der Waals surface area (Å²) < 4.78 is 34.9. The highest BCUT2D eigenvalue weighted by molar-refractivity contribution is 7.47. The molecular formula is C42H83NO7P+. The number of likely N-dealkylation sites (N-methyl/N-ethyl adjacent to an activating group) is 1. The Kier molecular flexibility index (Phi) is 35.3. The Balaban J connectivity index is 4.25. The van der Waals surface area contributed by atoms with Gasteiger partial charge in [-0.05, 0) is 44.9 Å². The van der Waals surface area contributed by atoms with Crippen LogP contribution in [-0.4, -0.2) is 75.6 Å². The Labute approximate surface area is 315 Å². The molecule has 9 heteroatoms. The zero-order chi connectivity index (χ0) is 37.7. The van der Waals surface area contributed by atoms with Gasteiger partial charge in [0.1, 0.15) is 19.3 Å². The van der Waals surface area contributed by atoms with Crippen molar-refractivity contribution < 1.29 is 37.3 Å². The van der Waals surface area contributed by atoms with Crippen LogP contribution in [0.2, 0.25) is 0 Å². The maximum Gasteiger partial charge on any atom is 0.472 e. The first-order valence-electron chi connectivity index (χ1n) is 21.1. The Bertz CT molecular complexity index is 874. The minimum atomic E-state index is -4.27. The second-order valence-corrected chi connectivity index (χ2v) is 16.8. The standard InChI is InChI=1S/C42H82NO7P/c1-6-8-10-12-14-16-18-20-21-22-23-24-25-27-29-31-33-35-42(44)50-41(40-49-51(45,46)48-38-36-43(3,4)5)39-47-37-34-32-30-28-26-19-17-15-13-11-9-7-2/h14,16,20-21,41H,6-13,15,17-19,22-40H2,1-5H3/p+1/b16-14-,21-20-. The molecule has 0 aromatic rings. The van der Waals surface area contributed by atoms with Crippen LogP contribution < -0.4 is 0 Å². The second-order valence-electron chi connectivity index (χ2n) is 15.4. The van der Waals surface area contributed by atoms with Gasteiger partial charge in [0, 0.05) is 13.0 Å². The van der Waals surface area contributed by atoms with Crippen LogP contribution in [0.3, 0.4) is 0 Å². The van der Waals surface area contributed by atoms with Crippen LogP contribution in [0.4, 0.5) is 0 Å². The van der Waals surface area contributed by atoms with Crippen LogP contribution in [0.15, 0.2) is 24.3 Å². The molecule has 0 radical (unpaired) electrons. The number of unbranched alkanes of at least 4 members (excludes halogenated alkanes) is 21. The van der Waals surface area contributed by atoms with Crippen molar-refractivity contribution in [3.8, 4) is 0 Å². The molecule has 0 rings (SSSR count). The molecule has 51 heavy (non-hydrogen) atoms.